The fourth-order valence-corrected chi connectivity index (χ4v) is 1.44. The second-order valence-corrected chi connectivity index (χ2v) is 3.57. The van der Waals surface area contributed by atoms with Gasteiger partial charge in [-0.2, -0.15) is 13.2 Å². The molecule has 0 aliphatic carbocycles. The summed E-state index contributed by atoms with van der Waals surface area (Å²) in [6, 6.07) is 2.14. The summed E-state index contributed by atoms with van der Waals surface area (Å²) in [5, 5.41) is 0. The van der Waals surface area contributed by atoms with Crippen molar-refractivity contribution in [3.8, 4) is 5.75 Å². The molecule has 0 unspecified atom stereocenters. The second kappa shape index (κ2) is 4.26. The number of benzene rings is 1. The molecule has 0 saturated carbocycles. The predicted octanol–water partition coefficient (Wildman–Crippen LogP) is 3.11. The van der Waals surface area contributed by atoms with Gasteiger partial charge in [-0.25, -0.2) is 4.39 Å². The van der Waals surface area contributed by atoms with Crippen molar-refractivity contribution < 1.29 is 22.3 Å². The van der Waals surface area contributed by atoms with Crippen molar-refractivity contribution in [1.82, 2.24) is 0 Å². The van der Waals surface area contributed by atoms with Crippen LogP contribution in [0.25, 0.3) is 0 Å². The van der Waals surface area contributed by atoms with Crippen molar-refractivity contribution in [3.63, 3.8) is 0 Å². The zero-order chi connectivity index (χ0) is 11.6. The fraction of sp³-hybridized carbons (Fsp3) is 0.250. The Hall–Kier alpha value is -0.980. The van der Waals surface area contributed by atoms with Crippen molar-refractivity contribution in [1.29, 1.82) is 0 Å². The van der Waals surface area contributed by atoms with Gasteiger partial charge in [0.15, 0.2) is 18.2 Å². The van der Waals surface area contributed by atoms with Gasteiger partial charge in [-0.05, 0) is 22.0 Å². The van der Waals surface area contributed by atoms with Crippen LogP contribution in [0.3, 0.4) is 0 Å². The summed E-state index contributed by atoms with van der Waals surface area (Å²) in [4.78, 5) is 0. The van der Waals surface area contributed by atoms with Gasteiger partial charge in [-0.1, -0.05) is 0 Å². The van der Waals surface area contributed by atoms with Gasteiger partial charge in [0, 0.05) is 11.8 Å². The molecular formula is C8H6BrF4NO. The monoisotopic (exact) mass is 287 g/mol. The van der Waals surface area contributed by atoms with Crippen LogP contribution in [0.2, 0.25) is 0 Å². The molecule has 0 atom stereocenters. The van der Waals surface area contributed by atoms with E-state index in [9.17, 15) is 17.6 Å². The van der Waals surface area contributed by atoms with Crippen LogP contribution in [-0.4, -0.2) is 12.8 Å². The van der Waals surface area contributed by atoms with E-state index < -0.39 is 24.3 Å². The van der Waals surface area contributed by atoms with Crippen LogP contribution < -0.4 is 10.5 Å². The topological polar surface area (TPSA) is 35.2 Å². The highest BCUT2D eigenvalue weighted by Gasteiger charge is 2.29. The fourth-order valence-electron chi connectivity index (χ4n) is 0.871. The number of ether oxygens (including phenoxy) is 1. The Kier molecular flexibility index (Phi) is 3.43. The molecular weight excluding hydrogens is 282 g/mol. The van der Waals surface area contributed by atoms with Crippen molar-refractivity contribution in [3.05, 3.63) is 22.4 Å². The van der Waals surface area contributed by atoms with E-state index in [0.717, 1.165) is 6.07 Å². The highest BCUT2D eigenvalue weighted by atomic mass is 79.9. The summed E-state index contributed by atoms with van der Waals surface area (Å²) in [7, 11) is 0. The van der Waals surface area contributed by atoms with Gasteiger partial charge in [-0.3, -0.25) is 0 Å². The van der Waals surface area contributed by atoms with Crippen LogP contribution in [0.1, 0.15) is 0 Å². The lowest BCUT2D eigenvalue weighted by molar-refractivity contribution is -0.153. The normalized spacial score (nSPS) is 11.5. The van der Waals surface area contributed by atoms with E-state index in [1.54, 1.807) is 0 Å². The lowest BCUT2D eigenvalue weighted by Crippen LogP contribution is -2.19. The minimum Gasteiger partial charge on any atom is -0.480 e. The quantitative estimate of drug-likeness (QED) is 0.670. The number of anilines is 1. The van der Waals surface area contributed by atoms with Crippen LogP contribution in [-0.2, 0) is 0 Å². The first-order valence-electron chi connectivity index (χ1n) is 3.73. The number of alkyl halides is 3. The number of rotatable bonds is 2. The highest BCUT2D eigenvalue weighted by Crippen LogP contribution is 2.31. The Labute approximate surface area is 91.1 Å². The summed E-state index contributed by atoms with van der Waals surface area (Å²) in [6.45, 7) is -1.55. The zero-order valence-corrected chi connectivity index (χ0v) is 8.82. The molecule has 7 heteroatoms. The maximum atomic E-state index is 13.1. The first-order valence-corrected chi connectivity index (χ1v) is 4.53. The largest absolute Gasteiger partial charge is 0.480 e. The van der Waals surface area contributed by atoms with Gasteiger partial charge < -0.3 is 10.5 Å². The first kappa shape index (κ1) is 12.1. The van der Waals surface area contributed by atoms with Gasteiger partial charge in [0.05, 0.1) is 4.47 Å². The third kappa shape index (κ3) is 3.58. The Morgan fingerprint density at radius 3 is 2.40 bits per heavy atom. The SMILES string of the molecule is Nc1cc(F)c(OCC(F)(F)F)c(Br)c1. The summed E-state index contributed by atoms with van der Waals surface area (Å²) >= 11 is 2.85. The molecule has 0 bridgehead atoms. The number of hydrogen-bond acceptors (Lipinski definition) is 2. The van der Waals surface area contributed by atoms with Crippen molar-refractivity contribution >= 4 is 21.6 Å². The summed E-state index contributed by atoms with van der Waals surface area (Å²) < 4.78 is 52.8. The molecule has 2 nitrogen and oxygen atoms in total. The first-order chi connectivity index (χ1) is 6.79. The average molecular weight is 288 g/mol. The molecule has 84 valence electrons. The van der Waals surface area contributed by atoms with Crippen molar-refractivity contribution in [2.24, 2.45) is 0 Å². The van der Waals surface area contributed by atoms with Crippen LogP contribution in [0.4, 0.5) is 23.2 Å². The van der Waals surface area contributed by atoms with E-state index >= 15 is 0 Å². The van der Waals surface area contributed by atoms with Gasteiger partial charge in [0.1, 0.15) is 0 Å². The third-order valence-electron chi connectivity index (χ3n) is 1.40. The Morgan fingerprint density at radius 2 is 1.93 bits per heavy atom. The van der Waals surface area contributed by atoms with E-state index in [0.29, 0.717) is 0 Å². The van der Waals surface area contributed by atoms with Crippen molar-refractivity contribution in [2.45, 2.75) is 6.18 Å². The predicted molar refractivity (Wildman–Crippen MR) is 50.1 cm³/mol. The number of nitrogens with two attached hydrogens (primary N) is 1. The van der Waals surface area contributed by atoms with Crippen LogP contribution in [0.5, 0.6) is 5.75 Å². The van der Waals surface area contributed by atoms with Gasteiger partial charge >= 0.3 is 6.18 Å². The molecule has 0 radical (unpaired) electrons. The van der Waals surface area contributed by atoms with Gasteiger partial charge in [0.2, 0.25) is 0 Å². The molecule has 0 fully saturated rings. The van der Waals surface area contributed by atoms with E-state index in [4.69, 9.17) is 5.73 Å². The van der Waals surface area contributed by atoms with E-state index in [1.807, 2.05) is 0 Å². The highest BCUT2D eigenvalue weighted by molar-refractivity contribution is 9.10. The number of nitrogen functional groups attached to an aromatic ring is 1. The standard InChI is InChI=1S/C8H6BrF4NO/c9-5-1-4(14)2-6(10)7(5)15-3-8(11,12)13/h1-2H,3,14H2. The molecule has 0 aliphatic rings. The molecule has 0 spiro atoms. The van der Waals surface area contributed by atoms with Crippen LogP contribution in [0, 0.1) is 5.82 Å². The molecule has 0 heterocycles. The summed E-state index contributed by atoms with van der Waals surface area (Å²) in [6.07, 6.45) is -4.51. The van der Waals surface area contributed by atoms with Gasteiger partial charge in [0.25, 0.3) is 0 Å². The zero-order valence-electron chi connectivity index (χ0n) is 7.24. The average Bonchev–Trinajstić information content (AvgIpc) is 1.99. The van der Waals surface area contributed by atoms with Crippen LogP contribution in [0.15, 0.2) is 16.6 Å². The summed E-state index contributed by atoms with van der Waals surface area (Å²) in [5.41, 5.74) is 5.36. The van der Waals surface area contributed by atoms with E-state index in [2.05, 4.69) is 20.7 Å². The maximum Gasteiger partial charge on any atom is 0.422 e. The Bertz CT molecular complexity index is 343. The van der Waals surface area contributed by atoms with Crippen molar-refractivity contribution in [2.75, 3.05) is 12.3 Å². The minimum atomic E-state index is -4.51. The molecule has 2 N–H and O–H groups in total. The molecule has 0 aliphatic heterocycles. The minimum absolute atomic E-state index is 0.0456. The molecule has 1 aromatic rings. The molecule has 0 aromatic heterocycles. The van der Waals surface area contributed by atoms with E-state index in [1.165, 1.54) is 6.07 Å². The van der Waals surface area contributed by atoms with Crippen LogP contribution >= 0.6 is 15.9 Å². The maximum absolute atomic E-state index is 13.1. The van der Waals surface area contributed by atoms with Gasteiger partial charge in [-0.15, -0.1) is 0 Å². The smallest absolute Gasteiger partial charge is 0.422 e. The third-order valence-corrected chi connectivity index (χ3v) is 1.99. The second-order valence-electron chi connectivity index (χ2n) is 2.72. The number of halogens is 5. The molecule has 1 aromatic carbocycles. The molecule has 0 saturated heterocycles. The molecule has 0 amide bonds. The summed E-state index contributed by atoms with van der Waals surface area (Å²) in [5.74, 6) is -1.44. The molecule has 15 heavy (non-hydrogen) atoms. The lowest BCUT2D eigenvalue weighted by atomic mass is 10.3. The Balaban J connectivity index is 2.86. The lowest BCUT2D eigenvalue weighted by Gasteiger charge is -2.11. The van der Waals surface area contributed by atoms with E-state index in [-0.39, 0.29) is 10.2 Å². The Morgan fingerprint density at radius 1 is 1.33 bits per heavy atom. The number of hydrogen-bond donors (Lipinski definition) is 1. The molecule has 1 rings (SSSR count).